The van der Waals surface area contributed by atoms with Crippen molar-refractivity contribution in [2.24, 2.45) is 0 Å². The van der Waals surface area contributed by atoms with E-state index in [-0.39, 0.29) is 11.2 Å². The minimum atomic E-state index is -0.463. The molecule has 1 aromatic rings. The van der Waals surface area contributed by atoms with E-state index in [2.05, 4.69) is 9.97 Å². The number of hydrogen-bond acceptors (Lipinski definition) is 5. The van der Waals surface area contributed by atoms with Crippen molar-refractivity contribution in [1.82, 2.24) is 9.97 Å². The van der Waals surface area contributed by atoms with Gasteiger partial charge >= 0.3 is 7.12 Å². The van der Waals surface area contributed by atoms with Crippen LogP contribution in [0.25, 0.3) is 0 Å². The Labute approximate surface area is 113 Å². The molecule has 1 aromatic heterocycles. The summed E-state index contributed by atoms with van der Waals surface area (Å²) < 4.78 is 17.6. The highest BCUT2D eigenvalue weighted by Crippen LogP contribution is 2.36. The molecule has 5 nitrogen and oxygen atoms in total. The summed E-state index contributed by atoms with van der Waals surface area (Å²) in [5.74, 6) is 0.599. The third-order valence-electron chi connectivity index (χ3n) is 3.97. The van der Waals surface area contributed by atoms with Gasteiger partial charge in [-0.05, 0) is 40.5 Å². The third kappa shape index (κ3) is 2.47. The fourth-order valence-corrected chi connectivity index (χ4v) is 1.87. The van der Waals surface area contributed by atoms with Gasteiger partial charge < -0.3 is 14.0 Å². The van der Waals surface area contributed by atoms with Crippen LogP contribution in [0.2, 0.25) is 0 Å². The quantitative estimate of drug-likeness (QED) is 0.769. The van der Waals surface area contributed by atoms with Gasteiger partial charge in [0.25, 0.3) is 0 Å². The highest BCUT2D eigenvalue weighted by molar-refractivity contribution is 6.61. The Morgan fingerprint density at radius 1 is 1.16 bits per heavy atom. The van der Waals surface area contributed by atoms with Gasteiger partial charge in [0.15, 0.2) is 0 Å². The molecule has 0 aromatic carbocycles. The van der Waals surface area contributed by atoms with Gasteiger partial charge in [-0.15, -0.1) is 0 Å². The SMILES string of the molecule is CC1(C)OB(c2cc(OC3CC3)ncn2)OC1(C)C. The summed E-state index contributed by atoms with van der Waals surface area (Å²) >= 11 is 0. The van der Waals surface area contributed by atoms with Crippen LogP contribution in [0.5, 0.6) is 5.88 Å². The van der Waals surface area contributed by atoms with Crippen LogP contribution in [-0.2, 0) is 9.31 Å². The average Bonchev–Trinajstić information content (AvgIpc) is 3.07. The molecular weight excluding hydrogens is 243 g/mol. The summed E-state index contributed by atoms with van der Waals surface area (Å²) in [5, 5.41) is 0. The first-order chi connectivity index (χ1) is 8.87. The van der Waals surface area contributed by atoms with Crippen molar-refractivity contribution in [2.45, 2.75) is 57.8 Å². The Balaban J connectivity index is 1.79. The second kappa shape index (κ2) is 4.18. The van der Waals surface area contributed by atoms with Gasteiger partial charge in [-0.2, -0.15) is 0 Å². The zero-order valence-corrected chi connectivity index (χ0v) is 11.8. The number of ether oxygens (including phenoxy) is 1. The summed E-state index contributed by atoms with van der Waals surface area (Å²) in [7, 11) is -0.463. The lowest BCUT2D eigenvalue weighted by Crippen LogP contribution is -2.41. The zero-order valence-electron chi connectivity index (χ0n) is 11.8. The first-order valence-corrected chi connectivity index (χ1v) is 6.72. The predicted molar refractivity (Wildman–Crippen MR) is 71.4 cm³/mol. The van der Waals surface area contributed by atoms with Crippen molar-refractivity contribution in [3.05, 3.63) is 12.4 Å². The molecule has 0 radical (unpaired) electrons. The lowest BCUT2D eigenvalue weighted by Gasteiger charge is -2.32. The van der Waals surface area contributed by atoms with Crippen LogP contribution >= 0.6 is 0 Å². The molecule has 1 saturated carbocycles. The highest BCUT2D eigenvalue weighted by atomic mass is 16.7. The van der Waals surface area contributed by atoms with Gasteiger partial charge in [-0.25, -0.2) is 9.97 Å². The normalized spacial score (nSPS) is 24.5. The molecule has 1 saturated heterocycles. The summed E-state index contributed by atoms with van der Waals surface area (Å²) in [5.41, 5.74) is -0.00965. The Kier molecular flexibility index (Phi) is 2.83. The van der Waals surface area contributed by atoms with Gasteiger partial charge in [-0.1, -0.05) is 0 Å². The Hall–Kier alpha value is -1.14. The van der Waals surface area contributed by atoms with Crippen molar-refractivity contribution < 1.29 is 14.0 Å². The summed E-state index contributed by atoms with van der Waals surface area (Å²) in [6, 6.07) is 1.81. The van der Waals surface area contributed by atoms with Crippen LogP contribution < -0.4 is 10.3 Å². The first kappa shape index (κ1) is 12.9. The molecule has 1 aliphatic heterocycles. The number of nitrogens with zero attached hydrogens (tertiary/aromatic N) is 2. The molecule has 19 heavy (non-hydrogen) atoms. The lowest BCUT2D eigenvalue weighted by atomic mass is 9.84. The standard InChI is InChI=1S/C13H19BN2O3/c1-12(2)13(3,4)19-14(18-12)10-7-11(16-8-15-10)17-9-5-6-9/h7-9H,5-6H2,1-4H3. The fraction of sp³-hybridized carbons (Fsp3) is 0.692. The van der Waals surface area contributed by atoms with Crippen LogP contribution in [0.4, 0.5) is 0 Å². The van der Waals surface area contributed by atoms with E-state index in [0.29, 0.717) is 17.6 Å². The molecule has 0 amide bonds. The van der Waals surface area contributed by atoms with Gasteiger partial charge in [-0.3, -0.25) is 0 Å². The topological polar surface area (TPSA) is 53.5 Å². The Morgan fingerprint density at radius 2 is 1.79 bits per heavy atom. The molecule has 102 valence electrons. The Bertz CT molecular complexity index is 473. The number of hydrogen-bond donors (Lipinski definition) is 0. The molecule has 0 bridgehead atoms. The van der Waals surface area contributed by atoms with E-state index in [4.69, 9.17) is 14.0 Å². The average molecular weight is 262 g/mol. The molecule has 2 aliphatic rings. The maximum atomic E-state index is 5.96. The van der Waals surface area contributed by atoms with Crippen LogP contribution in [0.15, 0.2) is 12.4 Å². The Morgan fingerprint density at radius 3 is 2.37 bits per heavy atom. The zero-order chi connectivity index (χ0) is 13.7. The monoisotopic (exact) mass is 262 g/mol. The van der Waals surface area contributed by atoms with E-state index in [9.17, 15) is 0 Å². The molecule has 0 N–H and O–H groups in total. The van der Waals surface area contributed by atoms with E-state index in [1.54, 1.807) is 6.07 Å². The van der Waals surface area contributed by atoms with E-state index < -0.39 is 7.12 Å². The van der Waals surface area contributed by atoms with Crippen LogP contribution in [0, 0.1) is 0 Å². The van der Waals surface area contributed by atoms with Gasteiger partial charge in [0.1, 0.15) is 12.4 Å². The highest BCUT2D eigenvalue weighted by Gasteiger charge is 2.52. The molecule has 1 aliphatic carbocycles. The van der Waals surface area contributed by atoms with Crippen molar-refractivity contribution in [3.8, 4) is 5.88 Å². The number of aromatic nitrogens is 2. The van der Waals surface area contributed by atoms with Crippen molar-refractivity contribution in [2.75, 3.05) is 0 Å². The van der Waals surface area contributed by atoms with E-state index >= 15 is 0 Å². The van der Waals surface area contributed by atoms with Gasteiger partial charge in [0, 0.05) is 6.07 Å². The number of rotatable bonds is 3. The first-order valence-electron chi connectivity index (χ1n) is 6.72. The molecule has 0 spiro atoms. The molecule has 2 heterocycles. The van der Waals surface area contributed by atoms with Crippen LogP contribution in [-0.4, -0.2) is 34.4 Å². The molecule has 2 fully saturated rings. The van der Waals surface area contributed by atoms with Crippen LogP contribution in [0.3, 0.4) is 0 Å². The van der Waals surface area contributed by atoms with Crippen LogP contribution in [0.1, 0.15) is 40.5 Å². The lowest BCUT2D eigenvalue weighted by molar-refractivity contribution is 0.00578. The molecule has 0 atom stereocenters. The van der Waals surface area contributed by atoms with Crippen molar-refractivity contribution >= 4 is 12.7 Å². The minimum absolute atomic E-state index is 0.320. The summed E-state index contributed by atoms with van der Waals surface area (Å²) in [4.78, 5) is 8.36. The molecule has 3 rings (SSSR count). The fourth-order valence-electron chi connectivity index (χ4n) is 1.87. The molecular formula is C13H19BN2O3. The maximum Gasteiger partial charge on any atom is 0.514 e. The van der Waals surface area contributed by atoms with E-state index in [0.717, 1.165) is 12.8 Å². The summed E-state index contributed by atoms with van der Waals surface area (Å²) in [6.45, 7) is 8.09. The smallest absolute Gasteiger partial charge is 0.474 e. The second-order valence-corrected chi connectivity index (χ2v) is 6.19. The second-order valence-electron chi connectivity index (χ2n) is 6.19. The maximum absolute atomic E-state index is 5.96. The van der Waals surface area contributed by atoms with Gasteiger partial charge in [0.2, 0.25) is 5.88 Å². The largest absolute Gasteiger partial charge is 0.514 e. The van der Waals surface area contributed by atoms with Gasteiger partial charge in [0.05, 0.1) is 16.8 Å². The molecule has 6 heteroatoms. The van der Waals surface area contributed by atoms with Crippen molar-refractivity contribution in [1.29, 1.82) is 0 Å². The molecule has 0 unspecified atom stereocenters. The van der Waals surface area contributed by atoms with E-state index in [1.807, 2.05) is 27.7 Å². The summed E-state index contributed by atoms with van der Waals surface area (Å²) in [6.07, 6.45) is 4.03. The minimum Gasteiger partial charge on any atom is -0.474 e. The third-order valence-corrected chi connectivity index (χ3v) is 3.97. The van der Waals surface area contributed by atoms with E-state index in [1.165, 1.54) is 6.33 Å². The van der Waals surface area contributed by atoms with Crippen molar-refractivity contribution in [3.63, 3.8) is 0 Å². The predicted octanol–water partition coefficient (Wildman–Crippen LogP) is 1.32.